The van der Waals surface area contributed by atoms with Gasteiger partial charge in [-0.1, -0.05) is 101 Å². The minimum absolute atomic E-state index is 0.178. The first-order chi connectivity index (χ1) is 14.5. The van der Waals surface area contributed by atoms with Crippen LogP contribution in [0.5, 0.6) is 0 Å². The van der Waals surface area contributed by atoms with Gasteiger partial charge in [-0.05, 0) is 30.4 Å². The summed E-state index contributed by atoms with van der Waals surface area (Å²) in [6.45, 7) is 15.8. The van der Waals surface area contributed by atoms with Crippen molar-refractivity contribution in [2.24, 2.45) is 5.73 Å². The van der Waals surface area contributed by atoms with Crippen LogP contribution >= 0.6 is 0 Å². The van der Waals surface area contributed by atoms with E-state index in [1.807, 2.05) is 102 Å². The van der Waals surface area contributed by atoms with Crippen molar-refractivity contribution in [3.63, 3.8) is 0 Å². The van der Waals surface area contributed by atoms with Crippen LogP contribution in [-0.2, 0) is 11.2 Å². The average molecular weight is 415 g/mol. The Morgan fingerprint density at radius 2 is 1.47 bits per heavy atom. The summed E-state index contributed by atoms with van der Waals surface area (Å²) < 4.78 is 0. The molecule has 4 heteroatoms. The number of aliphatic hydroxyl groups is 1. The molecule has 0 bridgehead atoms. The Kier molecular flexibility index (Phi) is 19.7. The third kappa shape index (κ3) is 12.9. The number of hydrogen-bond donors (Lipinski definition) is 3. The number of allylic oxidation sites excluding steroid dienone is 1. The van der Waals surface area contributed by atoms with Crippen LogP contribution in [0.2, 0.25) is 0 Å². The van der Waals surface area contributed by atoms with Crippen LogP contribution < -0.4 is 11.1 Å². The lowest BCUT2D eigenvalue weighted by Crippen LogP contribution is -2.48. The predicted octanol–water partition coefficient (Wildman–Crippen LogP) is 5.08. The monoisotopic (exact) mass is 414 g/mol. The standard InChI is InChI=1S/C19H24N2O2.C3H6.2C2H6/c1-14(16-10-6-3-7-11-16)13-21-19(23)18(22)17(20)12-15-8-4-2-5-9-15;1-3-2;2*1-2/h2-11,14,17-18,22H,12-13,20H2,1H3,(H,21,23);3H,1H2,2H3;2*1-2H3. The van der Waals surface area contributed by atoms with Crippen LogP contribution in [0.25, 0.3) is 0 Å². The van der Waals surface area contributed by atoms with Crippen LogP contribution in [0.4, 0.5) is 0 Å². The van der Waals surface area contributed by atoms with Crippen molar-refractivity contribution in [1.82, 2.24) is 5.32 Å². The van der Waals surface area contributed by atoms with E-state index in [1.165, 1.54) is 0 Å². The maximum absolute atomic E-state index is 12.1. The summed E-state index contributed by atoms with van der Waals surface area (Å²) in [6.07, 6.45) is 1.00. The van der Waals surface area contributed by atoms with Crippen molar-refractivity contribution >= 4 is 5.91 Å². The van der Waals surface area contributed by atoms with Gasteiger partial charge in [0.15, 0.2) is 0 Å². The van der Waals surface area contributed by atoms with Crippen molar-refractivity contribution in [3.05, 3.63) is 84.4 Å². The molecule has 2 aromatic carbocycles. The van der Waals surface area contributed by atoms with E-state index in [0.29, 0.717) is 13.0 Å². The lowest BCUT2D eigenvalue weighted by molar-refractivity contribution is -0.130. The molecule has 0 heterocycles. The van der Waals surface area contributed by atoms with Crippen LogP contribution in [-0.4, -0.2) is 29.7 Å². The molecule has 0 aromatic heterocycles. The number of benzene rings is 2. The van der Waals surface area contributed by atoms with Gasteiger partial charge in [0, 0.05) is 12.6 Å². The highest BCUT2D eigenvalue weighted by molar-refractivity contribution is 5.81. The Morgan fingerprint density at radius 3 is 1.93 bits per heavy atom. The SMILES string of the molecule is C=CC.CC.CC.CC(CNC(=O)C(O)C(N)Cc1ccccc1)c1ccccc1. The third-order valence-corrected chi connectivity index (χ3v) is 3.94. The van der Waals surface area contributed by atoms with Crippen molar-refractivity contribution < 1.29 is 9.90 Å². The molecule has 0 radical (unpaired) electrons. The molecule has 0 saturated heterocycles. The number of carbonyl (C=O) groups excluding carboxylic acids is 1. The van der Waals surface area contributed by atoms with Gasteiger partial charge >= 0.3 is 0 Å². The van der Waals surface area contributed by atoms with E-state index in [2.05, 4.69) is 11.9 Å². The largest absolute Gasteiger partial charge is 0.382 e. The normalized spacial score (nSPS) is 12.1. The average Bonchev–Trinajstić information content (AvgIpc) is 2.81. The van der Waals surface area contributed by atoms with E-state index in [1.54, 1.807) is 6.08 Å². The van der Waals surface area contributed by atoms with Gasteiger partial charge in [0.25, 0.3) is 0 Å². The first-order valence-corrected chi connectivity index (χ1v) is 10.9. The highest BCUT2D eigenvalue weighted by Crippen LogP contribution is 2.13. The Bertz CT molecular complexity index is 645. The molecular formula is C26H42N2O2. The highest BCUT2D eigenvalue weighted by atomic mass is 16.3. The van der Waals surface area contributed by atoms with Gasteiger partial charge < -0.3 is 16.2 Å². The summed E-state index contributed by atoms with van der Waals surface area (Å²) in [5, 5.41) is 12.9. The molecule has 0 aliphatic rings. The van der Waals surface area contributed by atoms with Gasteiger partial charge in [-0.2, -0.15) is 0 Å². The summed E-state index contributed by atoms with van der Waals surface area (Å²) in [5.41, 5.74) is 8.11. The fourth-order valence-electron chi connectivity index (χ4n) is 2.45. The van der Waals surface area contributed by atoms with Crippen LogP contribution in [0.3, 0.4) is 0 Å². The van der Waals surface area contributed by atoms with Crippen molar-refractivity contribution in [1.29, 1.82) is 0 Å². The minimum Gasteiger partial charge on any atom is -0.382 e. The second-order valence-electron chi connectivity index (χ2n) is 6.26. The number of aliphatic hydroxyl groups excluding tert-OH is 1. The molecule has 3 unspecified atom stereocenters. The number of nitrogens with two attached hydrogens (primary N) is 1. The van der Waals surface area contributed by atoms with Crippen LogP contribution in [0, 0.1) is 0 Å². The number of carbonyl (C=O) groups is 1. The quantitative estimate of drug-likeness (QED) is 0.553. The summed E-state index contributed by atoms with van der Waals surface area (Å²) in [4.78, 5) is 12.1. The Hall–Kier alpha value is -2.43. The topological polar surface area (TPSA) is 75.3 Å². The van der Waals surface area contributed by atoms with Gasteiger partial charge in [0.2, 0.25) is 5.91 Å². The molecule has 4 N–H and O–H groups in total. The molecule has 1 amide bonds. The van der Waals surface area contributed by atoms with Gasteiger partial charge in [0.1, 0.15) is 6.10 Å². The van der Waals surface area contributed by atoms with E-state index < -0.39 is 18.1 Å². The van der Waals surface area contributed by atoms with E-state index in [4.69, 9.17) is 5.73 Å². The van der Waals surface area contributed by atoms with Gasteiger partial charge in [-0.3, -0.25) is 4.79 Å². The summed E-state index contributed by atoms with van der Waals surface area (Å²) in [6, 6.07) is 18.9. The first kappa shape index (κ1) is 29.8. The maximum atomic E-state index is 12.1. The Balaban J connectivity index is 0. The molecule has 0 fully saturated rings. The van der Waals surface area contributed by atoms with Gasteiger partial charge in [-0.15, -0.1) is 6.58 Å². The molecule has 4 nitrogen and oxygen atoms in total. The number of hydrogen-bond acceptors (Lipinski definition) is 3. The summed E-state index contributed by atoms with van der Waals surface area (Å²) in [5.74, 6) is -0.242. The molecule has 2 rings (SSSR count). The smallest absolute Gasteiger partial charge is 0.250 e. The molecule has 2 aromatic rings. The molecule has 0 spiro atoms. The molecule has 0 aliphatic heterocycles. The molecule has 0 saturated carbocycles. The Labute approximate surface area is 184 Å². The van der Waals surface area contributed by atoms with E-state index in [0.717, 1.165) is 11.1 Å². The van der Waals surface area contributed by atoms with Crippen LogP contribution in [0.1, 0.15) is 58.6 Å². The van der Waals surface area contributed by atoms with E-state index in [9.17, 15) is 9.90 Å². The van der Waals surface area contributed by atoms with Gasteiger partial charge in [-0.25, -0.2) is 0 Å². The second kappa shape index (κ2) is 19.9. The molecule has 168 valence electrons. The molecule has 30 heavy (non-hydrogen) atoms. The van der Waals surface area contributed by atoms with Crippen molar-refractivity contribution in [3.8, 4) is 0 Å². The number of rotatable bonds is 7. The summed E-state index contributed by atoms with van der Waals surface area (Å²) in [7, 11) is 0. The maximum Gasteiger partial charge on any atom is 0.250 e. The second-order valence-corrected chi connectivity index (χ2v) is 6.26. The fraction of sp³-hybridized carbons (Fsp3) is 0.423. The van der Waals surface area contributed by atoms with E-state index in [-0.39, 0.29) is 5.92 Å². The van der Waals surface area contributed by atoms with Crippen molar-refractivity contribution in [2.75, 3.05) is 6.54 Å². The lowest BCUT2D eigenvalue weighted by atomic mass is 10.00. The zero-order chi connectivity index (χ0) is 23.4. The Morgan fingerprint density at radius 1 is 1.03 bits per heavy atom. The predicted molar refractivity (Wildman–Crippen MR) is 131 cm³/mol. The fourth-order valence-corrected chi connectivity index (χ4v) is 2.45. The highest BCUT2D eigenvalue weighted by Gasteiger charge is 2.23. The van der Waals surface area contributed by atoms with Crippen LogP contribution in [0.15, 0.2) is 73.3 Å². The summed E-state index contributed by atoms with van der Waals surface area (Å²) >= 11 is 0. The number of nitrogens with one attached hydrogen (secondary N) is 1. The van der Waals surface area contributed by atoms with Gasteiger partial charge in [0.05, 0.1) is 0 Å². The molecular weight excluding hydrogens is 372 g/mol. The van der Waals surface area contributed by atoms with Crippen molar-refractivity contribution in [2.45, 2.75) is 66.0 Å². The lowest BCUT2D eigenvalue weighted by Gasteiger charge is -2.20. The first-order valence-electron chi connectivity index (χ1n) is 10.9. The zero-order valence-electron chi connectivity index (χ0n) is 19.6. The molecule has 0 aliphatic carbocycles. The van der Waals surface area contributed by atoms with E-state index >= 15 is 0 Å². The zero-order valence-corrected chi connectivity index (χ0v) is 19.6. The minimum atomic E-state index is -1.21. The number of amides is 1. The third-order valence-electron chi connectivity index (χ3n) is 3.94. The molecule has 3 atom stereocenters.